The van der Waals surface area contributed by atoms with Gasteiger partial charge in [-0.3, -0.25) is 9.36 Å². The molecule has 0 saturated carbocycles. The van der Waals surface area contributed by atoms with Crippen molar-refractivity contribution >= 4 is 45.3 Å². The zero-order valence-electron chi connectivity index (χ0n) is 23.5. The number of carboxylic acids is 1. The van der Waals surface area contributed by atoms with E-state index in [1.807, 2.05) is 30.3 Å². The average Bonchev–Trinajstić information content (AvgIpc) is 3.30. The van der Waals surface area contributed by atoms with Gasteiger partial charge in [0.2, 0.25) is 0 Å². The summed E-state index contributed by atoms with van der Waals surface area (Å²) in [7, 11) is 1.55. The van der Waals surface area contributed by atoms with Crippen molar-refractivity contribution < 1.29 is 28.9 Å². The Morgan fingerprint density at radius 2 is 1.84 bits per heavy atom. The molecule has 0 fully saturated rings. The number of benzene rings is 3. The number of carbonyl (C=O) groups is 2. The van der Waals surface area contributed by atoms with E-state index in [9.17, 15) is 14.4 Å². The van der Waals surface area contributed by atoms with Gasteiger partial charge in [0, 0.05) is 5.56 Å². The van der Waals surface area contributed by atoms with Crippen molar-refractivity contribution in [3.05, 3.63) is 124 Å². The molecular weight excluding hydrogens is 636 g/mol. The molecule has 0 bridgehead atoms. The van der Waals surface area contributed by atoms with Crippen molar-refractivity contribution in [1.82, 2.24) is 4.57 Å². The third-order valence-corrected chi connectivity index (χ3v) is 8.40. The van der Waals surface area contributed by atoms with Crippen LogP contribution in [0.5, 0.6) is 11.5 Å². The third-order valence-electron chi connectivity index (χ3n) is 6.80. The normalized spacial score (nSPS) is 14.6. The molecule has 0 unspecified atom stereocenters. The van der Waals surface area contributed by atoms with Crippen LogP contribution < -0.4 is 24.4 Å². The number of fused-ring (bicyclic) bond motifs is 1. The lowest BCUT2D eigenvalue weighted by molar-refractivity contribution is -0.139. The summed E-state index contributed by atoms with van der Waals surface area (Å²) in [6, 6.07) is 18.4. The second-order valence-corrected chi connectivity index (χ2v) is 11.4. The first kappa shape index (κ1) is 30.0. The summed E-state index contributed by atoms with van der Waals surface area (Å²) in [4.78, 5) is 43.2. The maximum absolute atomic E-state index is 13.9. The molecule has 5 rings (SSSR count). The molecule has 11 heteroatoms. The van der Waals surface area contributed by atoms with Gasteiger partial charge in [-0.2, -0.15) is 0 Å². The summed E-state index contributed by atoms with van der Waals surface area (Å²) < 4.78 is 19.5. The predicted molar refractivity (Wildman–Crippen MR) is 165 cm³/mol. The van der Waals surface area contributed by atoms with Crippen molar-refractivity contribution in [1.29, 1.82) is 0 Å². The first-order chi connectivity index (χ1) is 20.7. The second kappa shape index (κ2) is 12.8. The Kier molecular flexibility index (Phi) is 8.93. The number of allylic oxidation sites excluding steroid dienone is 1. The molecule has 43 heavy (non-hydrogen) atoms. The fourth-order valence-electron chi connectivity index (χ4n) is 4.76. The molecule has 0 amide bonds. The van der Waals surface area contributed by atoms with Gasteiger partial charge < -0.3 is 19.3 Å². The summed E-state index contributed by atoms with van der Waals surface area (Å²) in [5.41, 5.74) is 2.90. The molecule has 220 valence electrons. The number of aromatic carboxylic acids is 1. The predicted octanol–water partition coefficient (Wildman–Crippen LogP) is 4.85. The monoisotopic (exact) mass is 662 g/mol. The molecular formula is C32H27BrN2O7S. The van der Waals surface area contributed by atoms with Crippen LogP contribution in [0.4, 0.5) is 0 Å². The van der Waals surface area contributed by atoms with Crippen molar-refractivity contribution in [2.45, 2.75) is 26.5 Å². The summed E-state index contributed by atoms with van der Waals surface area (Å²) in [5.74, 6) is -0.392. The average molecular weight is 664 g/mol. The van der Waals surface area contributed by atoms with Crippen LogP contribution in [-0.2, 0) is 16.1 Å². The van der Waals surface area contributed by atoms with E-state index in [0.29, 0.717) is 36.6 Å². The Morgan fingerprint density at radius 1 is 1.09 bits per heavy atom. The van der Waals surface area contributed by atoms with Crippen LogP contribution in [0.3, 0.4) is 0 Å². The zero-order chi connectivity index (χ0) is 30.7. The molecule has 2 heterocycles. The fraction of sp³-hybridized carbons (Fsp3) is 0.188. The zero-order valence-corrected chi connectivity index (χ0v) is 25.9. The number of carboxylic acid groups (broad SMARTS) is 1. The van der Waals surface area contributed by atoms with Crippen molar-refractivity contribution in [3.8, 4) is 11.5 Å². The van der Waals surface area contributed by atoms with Gasteiger partial charge in [0.25, 0.3) is 5.56 Å². The minimum absolute atomic E-state index is 0.185. The Hall–Kier alpha value is -4.48. The van der Waals surface area contributed by atoms with E-state index >= 15 is 0 Å². The summed E-state index contributed by atoms with van der Waals surface area (Å²) in [6.45, 7) is 3.90. The van der Waals surface area contributed by atoms with Crippen molar-refractivity contribution in [2.24, 2.45) is 4.99 Å². The van der Waals surface area contributed by atoms with Gasteiger partial charge in [-0.1, -0.05) is 47.7 Å². The number of nitrogens with zero attached hydrogens (tertiary/aromatic N) is 2. The molecule has 0 spiro atoms. The molecule has 1 aliphatic rings. The molecule has 3 aromatic carbocycles. The number of thiazole rings is 1. The van der Waals surface area contributed by atoms with Crippen LogP contribution >= 0.6 is 27.3 Å². The number of hydrogen-bond acceptors (Lipinski definition) is 8. The lowest BCUT2D eigenvalue weighted by atomic mass is 9.95. The molecule has 1 atom stereocenters. The highest BCUT2D eigenvalue weighted by molar-refractivity contribution is 9.10. The van der Waals surface area contributed by atoms with Crippen LogP contribution in [0, 0.1) is 0 Å². The first-order valence-corrected chi connectivity index (χ1v) is 14.9. The van der Waals surface area contributed by atoms with E-state index in [0.717, 1.165) is 11.1 Å². The number of methoxy groups -OCH3 is 1. The number of aromatic nitrogens is 1. The van der Waals surface area contributed by atoms with E-state index < -0.39 is 18.0 Å². The van der Waals surface area contributed by atoms with E-state index in [1.165, 1.54) is 28.0 Å². The quantitative estimate of drug-likeness (QED) is 0.255. The van der Waals surface area contributed by atoms with Gasteiger partial charge in [0.1, 0.15) is 24.1 Å². The fourth-order valence-corrected chi connectivity index (χ4v) is 6.32. The molecule has 0 aliphatic carbocycles. The highest BCUT2D eigenvalue weighted by Gasteiger charge is 2.34. The topological polar surface area (TPSA) is 116 Å². The van der Waals surface area contributed by atoms with E-state index in [2.05, 4.69) is 20.9 Å². The Labute approximate surface area is 259 Å². The molecule has 0 radical (unpaired) electrons. The number of carbonyl (C=O) groups excluding carboxylic acids is 1. The van der Waals surface area contributed by atoms with Gasteiger partial charge in [-0.15, -0.1) is 0 Å². The van der Waals surface area contributed by atoms with Crippen LogP contribution in [0.1, 0.15) is 46.9 Å². The lowest BCUT2D eigenvalue weighted by Crippen LogP contribution is -2.40. The minimum Gasteiger partial charge on any atom is -0.496 e. The molecule has 4 aromatic rings. The molecule has 1 aliphatic heterocycles. The maximum atomic E-state index is 13.9. The minimum atomic E-state index is -0.983. The second-order valence-electron chi connectivity index (χ2n) is 9.52. The van der Waals surface area contributed by atoms with E-state index in [1.54, 1.807) is 51.3 Å². The lowest BCUT2D eigenvalue weighted by Gasteiger charge is -2.25. The van der Waals surface area contributed by atoms with Crippen LogP contribution in [0.15, 0.2) is 92.3 Å². The maximum Gasteiger partial charge on any atom is 0.338 e. The van der Waals surface area contributed by atoms with Gasteiger partial charge in [-0.25, -0.2) is 14.6 Å². The third kappa shape index (κ3) is 6.18. The van der Waals surface area contributed by atoms with E-state index in [-0.39, 0.29) is 29.9 Å². The highest BCUT2D eigenvalue weighted by Crippen LogP contribution is 2.35. The van der Waals surface area contributed by atoms with Gasteiger partial charge >= 0.3 is 11.9 Å². The van der Waals surface area contributed by atoms with Gasteiger partial charge in [0.05, 0.1) is 39.6 Å². The number of hydrogen-bond donors (Lipinski definition) is 1. The first-order valence-electron chi connectivity index (χ1n) is 13.3. The molecule has 9 nitrogen and oxygen atoms in total. The van der Waals surface area contributed by atoms with Crippen molar-refractivity contribution in [2.75, 3.05) is 13.7 Å². The number of esters is 1. The largest absolute Gasteiger partial charge is 0.496 e. The van der Waals surface area contributed by atoms with Crippen LogP contribution in [-0.4, -0.2) is 35.3 Å². The highest BCUT2D eigenvalue weighted by atomic mass is 79.9. The number of ether oxygens (including phenoxy) is 3. The number of rotatable bonds is 9. The van der Waals surface area contributed by atoms with Gasteiger partial charge in [-0.05, 0) is 77.3 Å². The SMILES string of the molecule is CCOC(=O)C1=C(C)N=c2s/c(=C/c3ccc(OCc4ccc(C(=O)O)cc4)c(Br)c3)c(=O)n2[C@@H]1c1ccccc1OC. The Balaban J connectivity index is 1.50. The molecule has 1 N–H and O–H groups in total. The van der Waals surface area contributed by atoms with Crippen molar-refractivity contribution in [3.63, 3.8) is 0 Å². The smallest absolute Gasteiger partial charge is 0.338 e. The summed E-state index contributed by atoms with van der Waals surface area (Å²) >= 11 is 4.78. The summed E-state index contributed by atoms with van der Waals surface area (Å²) in [6.07, 6.45) is 1.77. The summed E-state index contributed by atoms with van der Waals surface area (Å²) in [5, 5.41) is 9.08. The number of halogens is 1. The molecule has 1 aromatic heterocycles. The van der Waals surface area contributed by atoms with E-state index in [4.69, 9.17) is 19.3 Å². The Bertz CT molecular complexity index is 1930. The number of para-hydroxylation sites is 1. The Morgan fingerprint density at radius 3 is 2.51 bits per heavy atom. The van der Waals surface area contributed by atoms with Gasteiger partial charge in [0.15, 0.2) is 4.80 Å². The standard InChI is InChI=1S/C32H27BrN2O7S/c1-4-41-31(39)27-18(2)34-32-35(28(27)22-7-5-6-8-24(22)40-3)29(36)26(43-32)16-20-11-14-25(23(33)15-20)42-17-19-9-12-21(13-10-19)30(37)38/h5-16,28H,4,17H2,1-3H3,(H,37,38)/b26-16+/t28-/m1/s1. The van der Waals surface area contributed by atoms with Crippen LogP contribution in [0.2, 0.25) is 0 Å². The molecule has 0 saturated heterocycles. The van der Waals surface area contributed by atoms with Crippen LogP contribution in [0.25, 0.3) is 6.08 Å².